The van der Waals surface area contributed by atoms with Crippen LogP contribution in [0.25, 0.3) is 11.0 Å². The number of nitrogens with zero attached hydrogens (tertiary/aromatic N) is 2. The first kappa shape index (κ1) is 12.2. The van der Waals surface area contributed by atoms with Crippen molar-refractivity contribution < 1.29 is 14.6 Å². The molecule has 0 radical (unpaired) electrons. The molecule has 0 bridgehead atoms. The molecule has 3 rings (SSSR count). The molecule has 1 aromatic heterocycles. The first-order valence-electron chi connectivity index (χ1n) is 6.54. The fourth-order valence-electron chi connectivity index (χ4n) is 2.61. The molecule has 1 aliphatic heterocycles. The molecule has 2 heterocycles. The zero-order chi connectivity index (χ0) is 13.2. The number of aromatic nitrogens is 2. The number of imidazole rings is 1. The average Bonchev–Trinajstić information content (AvgIpc) is 2.83. The Morgan fingerprint density at radius 3 is 3.11 bits per heavy atom. The van der Waals surface area contributed by atoms with E-state index in [0.29, 0.717) is 17.6 Å². The Kier molecular flexibility index (Phi) is 3.21. The van der Waals surface area contributed by atoms with Crippen molar-refractivity contribution in [1.82, 2.24) is 9.55 Å². The number of hydrogen-bond acceptors (Lipinski definition) is 3. The minimum absolute atomic E-state index is 0.160. The third-order valence-corrected chi connectivity index (χ3v) is 3.54. The summed E-state index contributed by atoms with van der Waals surface area (Å²) in [6.07, 6.45) is 5.17. The van der Waals surface area contributed by atoms with Crippen LogP contribution in [0.5, 0.6) is 0 Å². The second-order valence-corrected chi connectivity index (χ2v) is 4.86. The van der Waals surface area contributed by atoms with Crippen molar-refractivity contribution in [1.29, 1.82) is 0 Å². The molecular formula is C14H16N2O3. The number of fused-ring (bicyclic) bond motifs is 1. The van der Waals surface area contributed by atoms with Gasteiger partial charge in [-0.05, 0) is 31.4 Å². The fourth-order valence-corrected chi connectivity index (χ4v) is 2.61. The van der Waals surface area contributed by atoms with E-state index >= 15 is 0 Å². The predicted octanol–water partition coefficient (Wildman–Crippen LogP) is 2.30. The highest BCUT2D eigenvalue weighted by Crippen LogP contribution is 2.21. The summed E-state index contributed by atoms with van der Waals surface area (Å²) in [7, 11) is 0. The Hall–Kier alpha value is -1.88. The molecule has 0 aliphatic carbocycles. The van der Waals surface area contributed by atoms with Gasteiger partial charge >= 0.3 is 5.97 Å². The maximum atomic E-state index is 11.3. The molecule has 5 nitrogen and oxygen atoms in total. The fraction of sp³-hybridized carbons (Fsp3) is 0.429. The van der Waals surface area contributed by atoms with E-state index in [-0.39, 0.29) is 6.10 Å². The molecule has 5 heteroatoms. The molecule has 2 aromatic rings. The van der Waals surface area contributed by atoms with Crippen molar-refractivity contribution in [3.05, 3.63) is 30.1 Å². The summed E-state index contributed by atoms with van der Waals surface area (Å²) in [6.45, 7) is 1.46. The number of carboxylic acid groups (broad SMARTS) is 1. The van der Waals surface area contributed by atoms with E-state index in [1.54, 1.807) is 18.5 Å². The quantitative estimate of drug-likeness (QED) is 0.919. The Balaban J connectivity index is 1.96. The SMILES string of the molecule is O=C(O)c1cccc2ncn(CC3CCCCO3)c12. The molecular weight excluding hydrogens is 244 g/mol. The van der Waals surface area contributed by atoms with Crippen molar-refractivity contribution in [3.63, 3.8) is 0 Å². The van der Waals surface area contributed by atoms with Crippen LogP contribution in [0.2, 0.25) is 0 Å². The number of para-hydroxylation sites is 1. The van der Waals surface area contributed by atoms with Gasteiger partial charge in [0.2, 0.25) is 0 Å². The van der Waals surface area contributed by atoms with Gasteiger partial charge in [0.25, 0.3) is 0 Å². The van der Waals surface area contributed by atoms with Crippen molar-refractivity contribution in [2.24, 2.45) is 0 Å². The van der Waals surface area contributed by atoms with E-state index in [0.717, 1.165) is 25.0 Å². The summed E-state index contributed by atoms with van der Waals surface area (Å²) < 4.78 is 7.60. The number of benzene rings is 1. The predicted molar refractivity (Wildman–Crippen MR) is 70.3 cm³/mol. The van der Waals surface area contributed by atoms with Crippen LogP contribution in [-0.2, 0) is 11.3 Å². The minimum atomic E-state index is -0.920. The molecule has 100 valence electrons. The Labute approximate surface area is 110 Å². The summed E-state index contributed by atoms with van der Waals surface area (Å²) in [4.78, 5) is 15.6. The first-order valence-corrected chi connectivity index (χ1v) is 6.54. The first-order chi connectivity index (χ1) is 9.25. The largest absolute Gasteiger partial charge is 0.478 e. The van der Waals surface area contributed by atoms with E-state index < -0.39 is 5.97 Å². The van der Waals surface area contributed by atoms with Crippen LogP contribution in [0, 0.1) is 0 Å². The molecule has 1 fully saturated rings. The van der Waals surface area contributed by atoms with Gasteiger partial charge < -0.3 is 14.4 Å². The molecule has 1 aliphatic rings. The topological polar surface area (TPSA) is 64.3 Å². The standard InChI is InChI=1S/C14H16N2O3/c17-14(18)11-5-3-6-12-13(11)16(9-15-12)8-10-4-1-2-7-19-10/h3,5-6,9-10H,1-2,4,7-8H2,(H,17,18). The summed E-state index contributed by atoms with van der Waals surface area (Å²) in [5.74, 6) is -0.920. The Morgan fingerprint density at radius 2 is 2.37 bits per heavy atom. The maximum absolute atomic E-state index is 11.3. The van der Waals surface area contributed by atoms with Crippen LogP contribution in [0.15, 0.2) is 24.5 Å². The number of carbonyl (C=O) groups is 1. The molecule has 1 aromatic carbocycles. The van der Waals surface area contributed by atoms with Crippen molar-refractivity contribution in [2.45, 2.75) is 31.9 Å². The van der Waals surface area contributed by atoms with Gasteiger partial charge in [-0.25, -0.2) is 9.78 Å². The Bertz CT molecular complexity index is 600. The number of hydrogen-bond donors (Lipinski definition) is 1. The summed E-state index contributed by atoms with van der Waals surface area (Å²) >= 11 is 0. The lowest BCUT2D eigenvalue weighted by molar-refractivity contribution is 0.00657. The monoisotopic (exact) mass is 260 g/mol. The number of rotatable bonds is 3. The number of ether oxygens (including phenoxy) is 1. The lowest BCUT2D eigenvalue weighted by Gasteiger charge is -2.23. The highest BCUT2D eigenvalue weighted by molar-refractivity contribution is 6.01. The zero-order valence-electron chi connectivity index (χ0n) is 10.6. The molecule has 1 saturated heterocycles. The normalized spacial score (nSPS) is 19.7. The molecule has 0 saturated carbocycles. The second kappa shape index (κ2) is 5.01. The van der Waals surface area contributed by atoms with Gasteiger partial charge in [0, 0.05) is 6.61 Å². The highest BCUT2D eigenvalue weighted by atomic mass is 16.5. The third kappa shape index (κ3) is 2.33. The smallest absolute Gasteiger partial charge is 0.337 e. The van der Waals surface area contributed by atoms with E-state index in [1.165, 1.54) is 6.42 Å². The summed E-state index contributed by atoms with van der Waals surface area (Å²) in [6, 6.07) is 5.17. The van der Waals surface area contributed by atoms with E-state index in [4.69, 9.17) is 4.74 Å². The van der Waals surface area contributed by atoms with E-state index in [2.05, 4.69) is 4.98 Å². The number of carboxylic acids is 1. The average molecular weight is 260 g/mol. The second-order valence-electron chi connectivity index (χ2n) is 4.86. The van der Waals surface area contributed by atoms with Crippen molar-refractivity contribution in [2.75, 3.05) is 6.61 Å². The van der Waals surface area contributed by atoms with E-state index in [1.807, 2.05) is 10.6 Å². The van der Waals surface area contributed by atoms with Crippen LogP contribution in [0.4, 0.5) is 0 Å². The van der Waals surface area contributed by atoms with Gasteiger partial charge in [-0.15, -0.1) is 0 Å². The summed E-state index contributed by atoms with van der Waals surface area (Å²) in [5.41, 5.74) is 1.70. The van der Waals surface area contributed by atoms with Crippen molar-refractivity contribution >= 4 is 17.0 Å². The molecule has 1 atom stereocenters. The minimum Gasteiger partial charge on any atom is -0.478 e. The van der Waals surface area contributed by atoms with Gasteiger partial charge in [-0.1, -0.05) is 6.07 Å². The number of aromatic carboxylic acids is 1. The molecule has 19 heavy (non-hydrogen) atoms. The van der Waals surface area contributed by atoms with Crippen LogP contribution < -0.4 is 0 Å². The van der Waals surface area contributed by atoms with Gasteiger partial charge in [-0.2, -0.15) is 0 Å². The Morgan fingerprint density at radius 1 is 1.47 bits per heavy atom. The van der Waals surface area contributed by atoms with Gasteiger partial charge in [0.1, 0.15) is 0 Å². The lowest BCUT2D eigenvalue weighted by Crippen LogP contribution is -2.24. The van der Waals surface area contributed by atoms with Crippen LogP contribution in [0.1, 0.15) is 29.6 Å². The van der Waals surface area contributed by atoms with Crippen LogP contribution >= 0.6 is 0 Å². The molecule has 1 unspecified atom stereocenters. The zero-order valence-corrected chi connectivity index (χ0v) is 10.6. The maximum Gasteiger partial charge on any atom is 0.337 e. The third-order valence-electron chi connectivity index (χ3n) is 3.54. The van der Waals surface area contributed by atoms with Gasteiger partial charge in [-0.3, -0.25) is 0 Å². The molecule has 1 N–H and O–H groups in total. The van der Waals surface area contributed by atoms with Gasteiger partial charge in [0.05, 0.1) is 35.6 Å². The molecule has 0 spiro atoms. The van der Waals surface area contributed by atoms with Crippen molar-refractivity contribution in [3.8, 4) is 0 Å². The van der Waals surface area contributed by atoms with Crippen LogP contribution in [0.3, 0.4) is 0 Å². The van der Waals surface area contributed by atoms with Crippen LogP contribution in [-0.4, -0.2) is 33.3 Å². The van der Waals surface area contributed by atoms with Gasteiger partial charge in [0.15, 0.2) is 0 Å². The summed E-state index contributed by atoms with van der Waals surface area (Å²) in [5, 5.41) is 9.26. The van der Waals surface area contributed by atoms with E-state index in [9.17, 15) is 9.90 Å². The lowest BCUT2D eigenvalue weighted by atomic mass is 10.1. The highest BCUT2D eigenvalue weighted by Gasteiger charge is 2.18. The molecule has 0 amide bonds.